The molecule has 0 spiro atoms. The van der Waals surface area contributed by atoms with Gasteiger partial charge < -0.3 is 5.32 Å². The number of benzene rings is 1. The number of carbonyl (C=O) groups excluding carboxylic acids is 1. The third-order valence-electron chi connectivity index (χ3n) is 3.98. The number of aromatic nitrogens is 1. The second-order valence-corrected chi connectivity index (χ2v) is 5.90. The lowest BCUT2D eigenvalue weighted by molar-refractivity contribution is -0.114. The molecule has 122 valence electrons. The van der Waals surface area contributed by atoms with Crippen molar-refractivity contribution in [3.63, 3.8) is 0 Å². The minimum Gasteiger partial charge on any atom is -0.326 e. The molecule has 1 atom stereocenters. The van der Waals surface area contributed by atoms with Crippen LogP contribution < -0.4 is 5.32 Å². The quantitative estimate of drug-likeness (QED) is 0.845. The van der Waals surface area contributed by atoms with Crippen LogP contribution in [0.5, 0.6) is 0 Å². The molecule has 0 bridgehead atoms. The molecule has 23 heavy (non-hydrogen) atoms. The van der Waals surface area contributed by atoms with Crippen LogP contribution in [-0.4, -0.2) is 21.8 Å². The lowest BCUT2D eigenvalue weighted by Crippen LogP contribution is -2.31. The van der Waals surface area contributed by atoms with Crippen molar-refractivity contribution in [1.29, 1.82) is 0 Å². The Labute approximate surface area is 138 Å². The van der Waals surface area contributed by atoms with Crippen LogP contribution in [0, 0.1) is 0 Å². The molecule has 2 rings (SSSR count). The predicted octanol–water partition coefficient (Wildman–Crippen LogP) is 3.84. The van der Waals surface area contributed by atoms with E-state index < -0.39 is 0 Å². The third kappa shape index (κ3) is 5.49. The summed E-state index contributed by atoms with van der Waals surface area (Å²) in [6.45, 7) is 7.75. The molecule has 1 amide bonds. The Kier molecular flexibility index (Phi) is 6.29. The van der Waals surface area contributed by atoms with Gasteiger partial charge in [0.2, 0.25) is 5.91 Å². The second-order valence-electron chi connectivity index (χ2n) is 5.90. The molecule has 0 aliphatic rings. The van der Waals surface area contributed by atoms with Gasteiger partial charge in [-0.2, -0.15) is 0 Å². The number of amides is 1. The van der Waals surface area contributed by atoms with Crippen LogP contribution in [-0.2, 0) is 17.9 Å². The van der Waals surface area contributed by atoms with E-state index in [9.17, 15) is 4.79 Å². The first-order valence-electron chi connectivity index (χ1n) is 8.08. The molecule has 4 heteroatoms. The van der Waals surface area contributed by atoms with Gasteiger partial charge in [0, 0.05) is 44.1 Å². The standard InChI is InChI=1S/C19H25N3O/c1-4-15(2)22(14-18-6-5-11-20-12-18)13-17-7-9-19(10-8-17)21-16(3)23/h5-12,15H,4,13-14H2,1-3H3,(H,21,23). The Morgan fingerprint density at radius 3 is 2.43 bits per heavy atom. The van der Waals surface area contributed by atoms with Crippen molar-refractivity contribution < 1.29 is 4.79 Å². The summed E-state index contributed by atoms with van der Waals surface area (Å²) in [6.07, 6.45) is 4.83. The number of nitrogens with zero attached hydrogens (tertiary/aromatic N) is 2. The van der Waals surface area contributed by atoms with Gasteiger partial charge in [0.15, 0.2) is 0 Å². The first-order valence-corrected chi connectivity index (χ1v) is 8.08. The zero-order chi connectivity index (χ0) is 16.7. The molecule has 1 aromatic carbocycles. The monoisotopic (exact) mass is 311 g/mol. The Balaban J connectivity index is 2.06. The summed E-state index contributed by atoms with van der Waals surface area (Å²) in [4.78, 5) is 17.7. The highest BCUT2D eigenvalue weighted by molar-refractivity contribution is 5.88. The van der Waals surface area contributed by atoms with E-state index in [1.165, 1.54) is 18.1 Å². The summed E-state index contributed by atoms with van der Waals surface area (Å²) in [7, 11) is 0. The lowest BCUT2D eigenvalue weighted by atomic mass is 10.1. The number of nitrogens with one attached hydrogen (secondary N) is 1. The Morgan fingerprint density at radius 2 is 1.87 bits per heavy atom. The zero-order valence-electron chi connectivity index (χ0n) is 14.1. The van der Waals surface area contributed by atoms with Gasteiger partial charge in [-0.1, -0.05) is 25.1 Å². The van der Waals surface area contributed by atoms with Crippen molar-refractivity contribution in [1.82, 2.24) is 9.88 Å². The second kappa shape index (κ2) is 8.44. The Bertz CT molecular complexity index is 610. The molecule has 0 saturated heterocycles. The van der Waals surface area contributed by atoms with Gasteiger partial charge in [0.1, 0.15) is 0 Å². The van der Waals surface area contributed by atoms with Crippen LogP contribution in [0.2, 0.25) is 0 Å². The van der Waals surface area contributed by atoms with Gasteiger partial charge in [-0.15, -0.1) is 0 Å². The van der Waals surface area contributed by atoms with Crippen LogP contribution in [0.1, 0.15) is 38.3 Å². The lowest BCUT2D eigenvalue weighted by Gasteiger charge is -2.28. The van der Waals surface area contributed by atoms with E-state index in [2.05, 4.69) is 47.2 Å². The largest absolute Gasteiger partial charge is 0.326 e. The molecule has 0 aliphatic heterocycles. The van der Waals surface area contributed by atoms with Crippen LogP contribution >= 0.6 is 0 Å². The smallest absolute Gasteiger partial charge is 0.221 e. The van der Waals surface area contributed by atoms with E-state index in [0.717, 1.165) is 25.2 Å². The molecular weight excluding hydrogens is 286 g/mol. The summed E-state index contributed by atoms with van der Waals surface area (Å²) in [6, 6.07) is 12.6. The van der Waals surface area contributed by atoms with Gasteiger partial charge >= 0.3 is 0 Å². The molecule has 2 aromatic rings. The average molecular weight is 311 g/mol. The van der Waals surface area contributed by atoms with Gasteiger partial charge in [-0.25, -0.2) is 0 Å². The average Bonchev–Trinajstić information content (AvgIpc) is 2.55. The number of carbonyl (C=O) groups is 1. The first kappa shape index (κ1) is 17.2. The van der Waals surface area contributed by atoms with Crippen molar-refractivity contribution >= 4 is 11.6 Å². The topological polar surface area (TPSA) is 45.2 Å². The van der Waals surface area contributed by atoms with E-state index in [0.29, 0.717) is 6.04 Å². The van der Waals surface area contributed by atoms with Crippen molar-refractivity contribution in [3.8, 4) is 0 Å². The normalized spacial score (nSPS) is 12.2. The van der Waals surface area contributed by atoms with Gasteiger partial charge in [-0.05, 0) is 42.7 Å². The number of pyridine rings is 1. The van der Waals surface area contributed by atoms with Crippen molar-refractivity contribution in [2.45, 2.75) is 46.3 Å². The minimum atomic E-state index is -0.0458. The SMILES string of the molecule is CCC(C)N(Cc1ccc(NC(C)=O)cc1)Cc1cccnc1. The van der Waals surface area contributed by atoms with E-state index >= 15 is 0 Å². The molecule has 1 N–H and O–H groups in total. The minimum absolute atomic E-state index is 0.0458. The fraction of sp³-hybridized carbons (Fsp3) is 0.368. The van der Waals surface area contributed by atoms with E-state index in [-0.39, 0.29) is 5.91 Å². The molecule has 0 aliphatic carbocycles. The molecule has 0 fully saturated rings. The highest BCUT2D eigenvalue weighted by Gasteiger charge is 2.13. The van der Waals surface area contributed by atoms with Crippen LogP contribution in [0.4, 0.5) is 5.69 Å². The maximum absolute atomic E-state index is 11.1. The number of hydrogen-bond donors (Lipinski definition) is 1. The molecule has 0 saturated carbocycles. The summed E-state index contributed by atoms with van der Waals surface area (Å²) in [5.74, 6) is -0.0458. The highest BCUT2D eigenvalue weighted by Crippen LogP contribution is 2.16. The van der Waals surface area contributed by atoms with Crippen LogP contribution in [0.15, 0.2) is 48.8 Å². The summed E-state index contributed by atoms with van der Waals surface area (Å²) >= 11 is 0. The van der Waals surface area contributed by atoms with Crippen molar-refractivity contribution in [2.75, 3.05) is 5.32 Å². The highest BCUT2D eigenvalue weighted by atomic mass is 16.1. The fourth-order valence-electron chi connectivity index (χ4n) is 2.48. The molecule has 4 nitrogen and oxygen atoms in total. The molecule has 0 radical (unpaired) electrons. The van der Waals surface area contributed by atoms with E-state index in [1.807, 2.05) is 24.4 Å². The summed E-state index contributed by atoms with van der Waals surface area (Å²) in [5.41, 5.74) is 3.30. The fourth-order valence-corrected chi connectivity index (χ4v) is 2.48. The number of hydrogen-bond acceptors (Lipinski definition) is 3. The predicted molar refractivity (Wildman–Crippen MR) is 94.0 cm³/mol. The maximum Gasteiger partial charge on any atom is 0.221 e. The zero-order valence-corrected chi connectivity index (χ0v) is 14.1. The first-order chi connectivity index (χ1) is 11.1. The Hall–Kier alpha value is -2.20. The third-order valence-corrected chi connectivity index (χ3v) is 3.98. The van der Waals surface area contributed by atoms with E-state index in [4.69, 9.17) is 0 Å². The van der Waals surface area contributed by atoms with Crippen LogP contribution in [0.25, 0.3) is 0 Å². The van der Waals surface area contributed by atoms with Crippen molar-refractivity contribution in [3.05, 3.63) is 59.9 Å². The van der Waals surface area contributed by atoms with Gasteiger partial charge in [-0.3, -0.25) is 14.7 Å². The van der Waals surface area contributed by atoms with E-state index in [1.54, 1.807) is 6.20 Å². The summed E-state index contributed by atoms with van der Waals surface area (Å²) < 4.78 is 0. The number of anilines is 1. The molecule has 1 aromatic heterocycles. The number of rotatable bonds is 7. The molecule has 1 unspecified atom stereocenters. The summed E-state index contributed by atoms with van der Waals surface area (Å²) in [5, 5.41) is 2.80. The maximum atomic E-state index is 11.1. The van der Waals surface area contributed by atoms with Crippen LogP contribution in [0.3, 0.4) is 0 Å². The van der Waals surface area contributed by atoms with Crippen molar-refractivity contribution in [2.24, 2.45) is 0 Å². The Morgan fingerprint density at radius 1 is 1.17 bits per heavy atom. The molecule has 1 heterocycles. The van der Waals surface area contributed by atoms with Gasteiger partial charge in [0.05, 0.1) is 0 Å². The molecular formula is C19H25N3O. The van der Waals surface area contributed by atoms with Gasteiger partial charge in [0.25, 0.3) is 0 Å².